The fourth-order valence-corrected chi connectivity index (χ4v) is 5.68. The van der Waals surface area contributed by atoms with E-state index in [1.807, 2.05) is 44.2 Å². The van der Waals surface area contributed by atoms with Gasteiger partial charge in [-0.3, -0.25) is 14.4 Å². The molecule has 3 N–H and O–H groups in total. The first-order valence-corrected chi connectivity index (χ1v) is 16.7. The molecule has 1 aliphatic carbocycles. The summed E-state index contributed by atoms with van der Waals surface area (Å²) in [7, 11) is 1.59. The topological polar surface area (TPSA) is 126 Å². The third-order valence-corrected chi connectivity index (χ3v) is 7.99. The van der Waals surface area contributed by atoms with Crippen molar-refractivity contribution in [3.8, 4) is 0 Å². The van der Waals surface area contributed by atoms with Crippen molar-refractivity contribution in [2.75, 3.05) is 50.1 Å². The Labute approximate surface area is 270 Å². The minimum absolute atomic E-state index is 0.139. The lowest BCUT2D eigenvalue weighted by Gasteiger charge is -2.50. The standard InChI is InChI=1S/C25H35N5O2.C6H12.C4H9NO2/c1-5-8-22(31)25(13-6-2)16-30(17-25)21-11-9-19(10-12-21)24(32)27-15-20-14-23(26-7-3)29-18(4)28-20;1-2-4-6-5-3-1;1-7-3-2-5-4-6/h9-12,14H,5-8,13,15-17H2,1-4H3,(H,27,32)(H,26,28,29);1-6H2;4H,2-3H2,1H3,(H,5,6). The summed E-state index contributed by atoms with van der Waals surface area (Å²) >= 11 is 0. The molecule has 250 valence electrons. The number of methoxy groups -OCH3 is 1. The van der Waals surface area contributed by atoms with Crippen molar-refractivity contribution in [2.45, 2.75) is 98.4 Å². The molecule has 0 radical (unpaired) electrons. The van der Waals surface area contributed by atoms with Gasteiger partial charge in [0, 0.05) is 57.0 Å². The van der Waals surface area contributed by atoms with Crippen LogP contribution >= 0.6 is 0 Å². The molecule has 1 aliphatic heterocycles. The Morgan fingerprint density at radius 1 is 0.978 bits per heavy atom. The summed E-state index contributed by atoms with van der Waals surface area (Å²) in [5.74, 6) is 1.69. The van der Waals surface area contributed by atoms with Gasteiger partial charge in [-0.2, -0.15) is 0 Å². The highest BCUT2D eigenvalue weighted by Gasteiger charge is 2.47. The van der Waals surface area contributed by atoms with Gasteiger partial charge in [-0.25, -0.2) is 9.97 Å². The molecule has 2 aliphatic rings. The van der Waals surface area contributed by atoms with E-state index in [1.165, 1.54) is 38.5 Å². The Hall–Kier alpha value is -3.53. The van der Waals surface area contributed by atoms with E-state index in [2.05, 4.69) is 49.4 Å². The van der Waals surface area contributed by atoms with Crippen LogP contribution in [0.3, 0.4) is 0 Å². The van der Waals surface area contributed by atoms with E-state index >= 15 is 0 Å². The third-order valence-electron chi connectivity index (χ3n) is 7.99. The molecule has 1 saturated heterocycles. The van der Waals surface area contributed by atoms with Gasteiger partial charge in [-0.1, -0.05) is 58.8 Å². The molecule has 4 rings (SSSR count). The van der Waals surface area contributed by atoms with Crippen LogP contribution in [0.15, 0.2) is 30.3 Å². The van der Waals surface area contributed by atoms with Gasteiger partial charge in [0.15, 0.2) is 0 Å². The van der Waals surface area contributed by atoms with Crippen LogP contribution in [0.1, 0.15) is 107 Å². The zero-order chi connectivity index (χ0) is 32.9. The van der Waals surface area contributed by atoms with E-state index in [0.29, 0.717) is 49.7 Å². The van der Waals surface area contributed by atoms with Crippen LogP contribution in [0.5, 0.6) is 0 Å². The van der Waals surface area contributed by atoms with E-state index in [0.717, 1.165) is 56.1 Å². The number of carbonyl (C=O) groups excluding carboxylic acids is 3. The first-order valence-electron chi connectivity index (χ1n) is 16.7. The number of carbonyl (C=O) groups is 3. The van der Waals surface area contributed by atoms with Crippen LogP contribution in [-0.2, 0) is 20.9 Å². The Kier molecular flexibility index (Phi) is 17.8. The monoisotopic (exact) mass is 624 g/mol. The van der Waals surface area contributed by atoms with Gasteiger partial charge in [0.2, 0.25) is 6.41 Å². The second-order valence-electron chi connectivity index (χ2n) is 11.8. The van der Waals surface area contributed by atoms with Crippen LogP contribution < -0.4 is 20.9 Å². The van der Waals surface area contributed by atoms with Gasteiger partial charge in [0.25, 0.3) is 5.91 Å². The molecule has 0 atom stereocenters. The molecule has 2 heterocycles. The maximum absolute atomic E-state index is 12.6. The Morgan fingerprint density at radius 3 is 2.16 bits per heavy atom. The van der Waals surface area contributed by atoms with Crippen LogP contribution in [0.4, 0.5) is 11.5 Å². The van der Waals surface area contributed by atoms with Crippen LogP contribution in [-0.4, -0.2) is 68.0 Å². The molecule has 10 heteroatoms. The molecule has 1 saturated carbocycles. The van der Waals surface area contributed by atoms with E-state index in [4.69, 9.17) is 0 Å². The number of ether oxygens (including phenoxy) is 1. The number of aromatic nitrogens is 2. The smallest absolute Gasteiger partial charge is 0.251 e. The number of aryl methyl sites for hydroxylation is 1. The fourth-order valence-electron chi connectivity index (χ4n) is 5.68. The summed E-state index contributed by atoms with van der Waals surface area (Å²) in [6.45, 7) is 11.9. The lowest BCUT2D eigenvalue weighted by atomic mass is 9.71. The second kappa shape index (κ2) is 21.2. The van der Waals surface area contributed by atoms with Crippen LogP contribution in [0.2, 0.25) is 0 Å². The van der Waals surface area contributed by atoms with Crippen LogP contribution in [0.25, 0.3) is 0 Å². The molecule has 10 nitrogen and oxygen atoms in total. The van der Waals surface area contributed by atoms with Crippen molar-refractivity contribution in [1.29, 1.82) is 0 Å². The zero-order valence-electron chi connectivity index (χ0n) is 28.3. The average Bonchev–Trinajstić information content (AvgIpc) is 3.03. The molecule has 0 bridgehead atoms. The number of hydrogen-bond donors (Lipinski definition) is 3. The molecule has 2 fully saturated rings. The summed E-state index contributed by atoms with van der Waals surface area (Å²) in [5, 5.41) is 8.55. The molecule has 0 spiro atoms. The predicted molar refractivity (Wildman–Crippen MR) is 182 cm³/mol. The van der Waals surface area contributed by atoms with Gasteiger partial charge < -0.3 is 25.6 Å². The molecule has 1 aromatic carbocycles. The maximum Gasteiger partial charge on any atom is 0.251 e. The molecular formula is C35H56N6O4. The van der Waals surface area contributed by atoms with Crippen LogP contribution in [0, 0.1) is 12.3 Å². The second-order valence-corrected chi connectivity index (χ2v) is 11.8. The highest BCUT2D eigenvalue weighted by Crippen LogP contribution is 2.40. The van der Waals surface area contributed by atoms with E-state index in [9.17, 15) is 14.4 Å². The predicted octanol–water partition coefficient (Wildman–Crippen LogP) is 5.84. The van der Waals surface area contributed by atoms with Gasteiger partial charge in [-0.15, -0.1) is 0 Å². The summed E-state index contributed by atoms with van der Waals surface area (Å²) in [4.78, 5) is 45.7. The minimum atomic E-state index is -0.192. The highest BCUT2D eigenvalue weighted by molar-refractivity contribution is 5.94. The Bertz CT molecular complexity index is 1140. The highest BCUT2D eigenvalue weighted by atomic mass is 16.5. The SMILES string of the molecule is C1CCCCC1.CCCC(=O)C1(CCC)CN(c2ccc(C(=O)NCc3cc(NCC)nc(C)n3)cc2)C1.COCCNC=O. The third kappa shape index (κ3) is 13.2. The van der Waals surface area contributed by atoms with Gasteiger partial charge >= 0.3 is 0 Å². The summed E-state index contributed by atoms with van der Waals surface area (Å²) in [6, 6.07) is 9.47. The van der Waals surface area contributed by atoms with Crippen molar-refractivity contribution < 1.29 is 19.1 Å². The van der Waals surface area contributed by atoms with E-state index < -0.39 is 0 Å². The largest absolute Gasteiger partial charge is 0.383 e. The molecule has 0 unspecified atom stereocenters. The number of nitrogens with zero attached hydrogens (tertiary/aromatic N) is 3. The molecule has 45 heavy (non-hydrogen) atoms. The quantitative estimate of drug-likeness (QED) is 0.167. The van der Waals surface area contributed by atoms with Gasteiger partial charge in [-0.05, 0) is 51.0 Å². The number of anilines is 2. The maximum atomic E-state index is 12.6. The lowest BCUT2D eigenvalue weighted by Crippen LogP contribution is -2.60. The summed E-state index contributed by atoms with van der Waals surface area (Å²) in [5.41, 5.74) is 2.23. The van der Waals surface area contributed by atoms with Crippen molar-refractivity contribution in [2.24, 2.45) is 5.41 Å². The number of ketones is 1. The fraction of sp³-hybridized carbons (Fsp3) is 0.629. The number of rotatable bonds is 15. The first-order chi connectivity index (χ1) is 21.8. The van der Waals surface area contributed by atoms with Crippen molar-refractivity contribution in [3.63, 3.8) is 0 Å². The zero-order valence-corrected chi connectivity index (χ0v) is 28.3. The number of amides is 2. The van der Waals surface area contributed by atoms with Gasteiger partial charge in [0.05, 0.1) is 24.3 Å². The van der Waals surface area contributed by atoms with Crippen molar-refractivity contribution in [1.82, 2.24) is 20.6 Å². The Morgan fingerprint density at radius 2 is 1.62 bits per heavy atom. The van der Waals surface area contributed by atoms with E-state index in [1.54, 1.807) is 7.11 Å². The van der Waals surface area contributed by atoms with Crippen molar-refractivity contribution >= 4 is 29.6 Å². The molecule has 2 aromatic rings. The number of nitrogens with one attached hydrogen (secondary N) is 3. The van der Waals surface area contributed by atoms with Gasteiger partial charge in [0.1, 0.15) is 17.4 Å². The number of Topliss-reactive ketones (excluding diaryl/α,β-unsaturated/α-hetero) is 1. The van der Waals surface area contributed by atoms with E-state index in [-0.39, 0.29) is 11.3 Å². The minimum Gasteiger partial charge on any atom is -0.383 e. The van der Waals surface area contributed by atoms with Crippen molar-refractivity contribution in [3.05, 3.63) is 47.4 Å². The first kappa shape index (κ1) is 37.7. The normalized spacial score (nSPS) is 14.8. The molecular weight excluding hydrogens is 568 g/mol. The summed E-state index contributed by atoms with van der Waals surface area (Å²) in [6.07, 6.45) is 13.2. The molecule has 1 aromatic heterocycles. The Balaban J connectivity index is 0.000000449. The number of benzene rings is 1. The summed E-state index contributed by atoms with van der Waals surface area (Å²) < 4.78 is 4.62. The average molecular weight is 625 g/mol. The lowest BCUT2D eigenvalue weighted by molar-refractivity contribution is -0.130. The number of hydrogen-bond acceptors (Lipinski definition) is 8. The molecule has 2 amide bonds.